The lowest BCUT2D eigenvalue weighted by atomic mass is 9.64. The van der Waals surface area contributed by atoms with Crippen LogP contribution in [-0.4, -0.2) is 23.4 Å². The number of hydrogen-bond acceptors (Lipinski definition) is 6. The van der Waals surface area contributed by atoms with Crippen LogP contribution in [0.2, 0.25) is 6.82 Å². The first-order chi connectivity index (χ1) is 10.3. The fourth-order valence-corrected chi connectivity index (χ4v) is 2.18. The van der Waals surface area contributed by atoms with E-state index < -0.39 is 0 Å². The Morgan fingerprint density at radius 2 is 2.19 bits per heavy atom. The normalized spacial score (nSPS) is 12.9. The fourth-order valence-electron chi connectivity index (χ4n) is 2.18. The molecule has 0 aliphatic carbocycles. The molecule has 1 aliphatic rings. The Kier molecular flexibility index (Phi) is 3.83. The Balaban J connectivity index is 1.70. The number of aromatic nitrogens is 2. The first-order valence-electron chi connectivity index (χ1n) is 6.54. The fraction of sp³-hybridized carbons (Fsp3) is 0.214. The molecular formula is C14H13BN2O4. The Hall–Kier alpha value is -2.41. The van der Waals surface area contributed by atoms with E-state index in [1.807, 2.05) is 25.0 Å². The second kappa shape index (κ2) is 5.93. The largest absolute Gasteiger partial charge is 0.463 e. The zero-order chi connectivity index (χ0) is 14.7. The van der Waals surface area contributed by atoms with Gasteiger partial charge in [-0.2, -0.15) is 0 Å². The lowest BCUT2D eigenvalue weighted by molar-refractivity contribution is -0.129. The maximum atomic E-state index is 10.1. The SMILES string of the molecule is CB1OCc2cc(Oc3ncc(COC=O)cn3)ccc21. The molecule has 0 amide bonds. The number of carbonyl (C=O) groups is 1. The van der Waals surface area contributed by atoms with Crippen LogP contribution < -0.4 is 10.2 Å². The van der Waals surface area contributed by atoms with Crippen LogP contribution in [-0.2, 0) is 27.4 Å². The molecule has 0 unspecified atom stereocenters. The van der Waals surface area contributed by atoms with Gasteiger partial charge in [0, 0.05) is 18.0 Å². The molecule has 7 heteroatoms. The number of benzene rings is 1. The standard InChI is InChI=1S/C14H13BN2O4/c1-15-13-3-2-12(4-11(13)8-20-15)21-14-16-5-10(6-17-14)7-19-9-18/h2-6,9H,7-8H2,1H3. The molecule has 0 radical (unpaired) electrons. The zero-order valence-corrected chi connectivity index (χ0v) is 11.5. The topological polar surface area (TPSA) is 70.5 Å². The third-order valence-corrected chi connectivity index (χ3v) is 3.25. The summed E-state index contributed by atoms with van der Waals surface area (Å²) in [6.07, 6.45) is 3.12. The van der Waals surface area contributed by atoms with Gasteiger partial charge in [-0.05, 0) is 23.2 Å². The summed E-state index contributed by atoms with van der Waals surface area (Å²) in [5.74, 6) is 0.670. The highest BCUT2D eigenvalue weighted by Gasteiger charge is 2.23. The predicted octanol–water partition coefficient (Wildman–Crippen LogP) is 1.30. The van der Waals surface area contributed by atoms with Crippen molar-refractivity contribution in [1.29, 1.82) is 0 Å². The summed E-state index contributed by atoms with van der Waals surface area (Å²) in [5.41, 5.74) is 3.01. The van der Waals surface area contributed by atoms with Gasteiger partial charge in [-0.3, -0.25) is 4.79 Å². The predicted molar refractivity (Wildman–Crippen MR) is 75.4 cm³/mol. The van der Waals surface area contributed by atoms with Gasteiger partial charge in [0.1, 0.15) is 12.4 Å². The molecule has 21 heavy (non-hydrogen) atoms. The second-order valence-electron chi connectivity index (χ2n) is 4.70. The molecule has 2 aromatic rings. The smallest absolute Gasteiger partial charge is 0.324 e. The summed E-state index contributed by atoms with van der Waals surface area (Å²) in [6, 6.07) is 6.05. The van der Waals surface area contributed by atoms with Crippen LogP contribution in [0.4, 0.5) is 0 Å². The average Bonchev–Trinajstić information content (AvgIpc) is 2.87. The average molecular weight is 284 g/mol. The molecule has 0 atom stereocenters. The lowest BCUT2D eigenvalue weighted by Crippen LogP contribution is -2.23. The number of carbonyl (C=O) groups excluding carboxylic acids is 1. The monoisotopic (exact) mass is 284 g/mol. The van der Waals surface area contributed by atoms with Crippen LogP contribution >= 0.6 is 0 Å². The summed E-state index contributed by atoms with van der Waals surface area (Å²) in [7, 11) is 0. The molecule has 0 bridgehead atoms. The quantitative estimate of drug-likeness (QED) is 0.609. The summed E-state index contributed by atoms with van der Waals surface area (Å²) >= 11 is 0. The van der Waals surface area contributed by atoms with Gasteiger partial charge in [-0.25, -0.2) is 9.97 Å². The molecule has 1 aromatic carbocycles. The Morgan fingerprint density at radius 1 is 1.38 bits per heavy atom. The Labute approximate surface area is 122 Å². The number of rotatable bonds is 5. The molecule has 0 N–H and O–H groups in total. The second-order valence-corrected chi connectivity index (χ2v) is 4.70. The van der Waals surface area contributed by atoms with Crippen molar-refractivity contribution in [3.8, 4) is 11.8 Å². The maximum Gasteiger partial charge on any atom is 0.324 e. The number of fused-ring (bicyclic) bond motifs is 1. The highest BCUT2D eigenvalue weighted by atomic mass is 16.5. The minimum Gasteiger partial charge on any atom is -0.463 e. The number of hydrogen-bond donors (Lipinski definition) is 0. The lowest BCUT2D eigenvalue weighted by Gasteiger charge is -2.06. The van der Waals surface area contributed by atoms with E-state index in [1.165, 1.54) is 5.46 Å². The van der Waals surface area contributed by atoms with Crippen molar-refractivity contribution in [3.05, 3.63) is 41.7 Å². The van der Waals surface area contributed by atoms with Gasteiger partial charge >= 0.3 is 12.9 Å². The minimum atomic E-state index is 0.127. The van der Waals surface area contributed by atoms with E-state index in [1.54, 1.807) is 12.4 Å². The maximum absolute atomic E-state index is 10.1. The first-order valence-corrected chi connectivity index (χ1v) is 6.54. The van der Waals surface area contributed by atoms with Gasteiger partial charge in [-0.1, -0.05) is 12.9 Å². The van der Waals surface area contributed by atoms with Crippen molar-refractivity contribution in [3.63, 3.8) is 0 Å². The van der Waals surface area contributed by atoms with Crippen LogP contribution in [0.1, 0.15) is 11.1 Å². The molecule has 3 rings (SSSR count). The first kappa shape index (κ1) is 13.6. The number of nitrogens with zero attached hydrogens (tertiary/aromatic N) is 2. The van der Waals surface area contributed by atoms with Crippen LogP contribution in [0.3, 0.4) is 0 Å². The van der Waals surface area contributed by atoms with Crippen LogP contribution in [0, 0.1) is 0 Å². The van der Waals surface area contributed by atoms with E-state index in [4.69, 9.17) is 9.39 Å². The molecular weight excluding hydrogens is 271 g/mol. The number of ether oxygens (including phenoxy) is 2. The van der Waals surface area contributed by atoms with Gasteiger partial charge in [0.2, 0.25) is 0 Å². The molecule has 1 aliphatic heterocycles. The van der Waals surface area contributed by atoms with Gasteiger partial charge in [0.05, 0.1) is 6.61 Å². The van der Waals surface area contributed by atoms with E-state index in [9.17, 15) is 4.79 Å². The van der Waals surface area contributed by atoms with Crippen molar-refractivity contribution in [1.82, 2.24) is 9.97 Å². The van der Waals surface area contributed by atoms with Gasteiger partial charge in [-0.15, -0.1) is 0 Å². The van der Waals surface area contributed by atoms with Gasteiger partial charge in [0.15, 0.2) is 0 Å². The molecule has 0 spiro atoms. The van der Waals surface area contributed by atoms with E-state index in [0.29, 0.717) is 24.4 Å². The van der Waals surface area contributed by atoms with Crippen LogP contribution in [0.5, 0.6) is 11.8 Å². The molecule has 1 aromatic heterocycles. The van der Waals surface area contributed by atoms with Crippen molar-refractivity contribution in [2.45, 2.75) is 20.0 Å². The highest BCUT2D eigenvalue weighted by Crippen LogP contribution is 2.21. The van der Waals surface area contributed by atoms with Gasteiger partial charge < -0.3 is 14.1 Å². The highest BCUT2D eigenvalue weighted by molar-refractivity contribution is 6.67. The molecule has 0 saturated carbocycles. The van der Waals surface area contributed by atoms with Crippen molar-refractivity contribution < 1.29 is 18.9 Å². The van der Waals surface area contributed by atoms with E-state index in [-0.39, 0.29) is 19.5 Å². The third-order valence-electron chi connectivity index (χ3n) is 3.25. The van der Waals surface area contributed by atoms with Crippen LogP contribution in [0.25, 0.3) is 0 Å². The summed E-state index contributed by atoms with van der Waals surface area (Å²) in [4.78, 5) is 18.3. The van der Waals surface area contributed by atoms with E-state index in [2.05, 4.69) is 14.7 Å². The summed E-state index contributed by atoms with van der Waals surface area (Å²) in [5, 5.41) is 0. The van der Waals surface area contributed by atoms with Crippen molar-refractivity contribution in [2.24, 2.45) is 0 Å². The molecule has 2 heterocycles. The molecule has 106 valence electrons. The third kappa shape index (κ3) is 3.03. The van der Waals surface area contributed by atoms with Crippen molar-refractivity contribution >= 4 is 18.9 Å². The van der Waals surface area contributed by atoms with Crippen LogP contribution in [0.15, 0.2) is 30.6 Å². The Bertz CT molecular complexity index is 648. The molecule has 6 nitrogen and oxygen atoms in total. The summed E-state index contributed by atoms with van der Waals surface area (Å²) in [6.45, 7) is 3.28. The molecule has 0 saturated heterocycles. The van der Waals surface area contributed by atoms with Gasteiger partial charge in [0.25, 0.3) is 6.47 Å². The Morgan fingerprint density at radius 3 is 2.95 bits per heavy atom. The van der Waals surface area contributed by atoms with Crippen molar-refractivity contribution in [2.75, 3.05) is 0 Å². The summed E-state index contributed by atoms with van der Waals surface area (Å²) < 4.78 is 15.8. The minimum absolute atomic E-state index is 0.127. The van der Waals surface area contributed by atoms with E-state index >= 15 is 0 Å². The molecule has 0 fully saturated rings. The van der Waals surface area contributed by atoms with E-state index in [0.717, 1.165) is 5.56 Å². The zero-order valence-electron chi connectivity index (χ0n) is 11.5.